The van der Waals surface area contributed by atoms with Crippen molar-refractivity contribution in [2.45, 2.75) is 13.3 Å². The van der Waals surface area contributed by atoms with E-state index in [1.165, 1.54) is 0 Å². The van der Waals surface area contributed by atoms with Gasteiger partial charge in [0.25, 0.3) is 0 Å². The summed E-state index contributed by atoms with van der Waals surface area (Å²) in [7, 11) is 1.66. The Morgan fingerprint density at radius 3 is 2.38 bits per heavy atom. The van der Waals surface area contributed by atoms with E-state index < -0.39 is 0 Å². The van der Waals surface area contributed by atoms with Crippen molar-refractivity contribution in [2.24, 2.45) is 0 Å². The number of Topliss-reactive ketones (excluding diaryl/α,β-unsaturated/α-hetero) is 1. The van der Waals surface area contributed by atoms with Crippen LogP contribution in [0.15, 0.2) is 48.5 Å². The molecule has 0 heterocycles. The van der Waals surface area contributed by atoms with Gasteiger partial charge in [-0.05, 0) is 24.1 Å². The second-order valence-electron chi connectivity index (χ2n) is 4.91. The molecule has 0 amide bonds. The SMILES string of the molecule is COCCOc1ccccc1-c1ccc(CC(C)=O)cc1. The minimum absolute atomic E-state index is 0.172. The standard InChI is InChI=1S/C18H20O3/c1-14(19)13-15-7-9-16(10-8-15)17-5-3-4-6-18(17)21-12-11-20-2/h3-10H,11-13H2,1-2H3. The minimum atomic E-state index is 0.172. The van der Waals surface area contributed by atoms with Crippen LogP contribution in [0, 0.1) is 0 Å². The Labute approximate surface area is 125 Å². The number of carbonyl (C=O) groups excluding carboxylic acids is 1. The van der Waals surface area contributed by atoms with Gasteiger partial charge in [0.1, 0.15) is 18.1 Å². The predicted molar refractivity (Wildman–Crippen MR) is 83.6 cm³/mol. The molecule has 110 valence electrons. The smallest absolute Gasteiger partial charge is 0.134 e. The van der Waals surface area contributed by atoms with E-state index in [4.69, 9.17) is 9.47 Å². The lowest BCUT2D eigenvalue weighted by Crippen LogP contribution is -2.05. The van der Waals surface area contributed by atoms with Crippen LogP contribution < -0.4 is 4.74 Å². The molecule has 0 saturated carbocycles. The van der Waals surface area contributed by atoms with Crippen LogP contribution in [0.1, 0.15) is 12.5 Å². The van der Waals surface area contributed by atoms with Gasteiger partial charge in [-0.25, -0.2) is 0 Å². The first kappa shape index (κ1) is 15.3. The Morgan fingerprint density at radius 1 is 1.00 bits per heavy atom. The van der Waals surface area contributed by atoms with E-state index in [-0.39, 0.29) is 5.78 Å². The van der Waals surface area contributed by atoms with Gasteiger partial charge in [-0.3, -0.25) is 4.79 Å². The number of rotatable bonds is 7. The van der Waals surface area contributed by atoms with Gasteiger partial charge < -0.3 is 9.47 Å². The van der Waals surface area contributed by atoms with Crippen molar-refractivity contribution in [3.8, 4) is 16.9 Å². The van der Waals surface area contributed by atoms with E-state index in [1.54, 1.807) is 14.0 Å². The molecule has 0 N–H and O–H groups in total. The van der Waals surface area contributed by atoms with Gasteiger partial charge in [0.15, 0.2) is 0 Å². The van der Waals surface area contributed by atoms with E-state index in [1.807, 2.05) is 48.5 Å². The normalized spacial score (nSPS) is 10.4. The summed E-state index contributed by atoms with van der Waals surface area (Å²) in [5.41, 5.74) is 3.15. The fourth-order valence-electron chi connectivity index (χ4n) is 2.16. The second kappa shape index (κ2) is 7.60. The molecule has 0 aromatic heterocycles. The third-order valence-electron chi connectivity index (χ3n) is 3.15. The molecule has 3 nitrogen and oxygen atoms in total. The summed E-state index contributed by atoms with van der Waals surface area (Å²) < 4.78 is 10.8. The van der Waals surface area contributed by atoms with Crippen LogP contribution in [0.25, 0.3) is 11.1 Å². The maximum Gasteiger partial charge on any atom is 0.134 e. The maximum absolute atomic E-state index is 11.1. The quantitative estimate of drug-likeness (QED) is 0.730. The molecule has 0 bridgehead atoms. The first-order chi connectivity index (χ1) is 10.2. The predicted octanol–water partition coefficient (Wildman–Crippen LogP) is 3.51. The summed E-state index contributed by atoms with van der Waals surface area (Å²) in [6.45, 7) is 2.69. The van der Waals surface area contributed by atoms with Gasteiger partial charge in [0.05, 0.1) is 6.61 Å². The van der Waals surface area contributed by atoms with E-state index in [2.05, 4.69) is 0 Å². The van der Waals surface area contributed by atoms with Gasteiger partial charge in [0.2, 0.25) is 0 Å². The number of hydrogen-bond donors (Lipinski definition) is 0. The molecule has 0 saturated heterocycles. The van der Waals surface area contributed by atoms with E-state index in [0.717, 1.165) is 22.4 Å². The monoisotopic (exact) mass is 284 g/mol. The molecule has 3 heteroatoms. The molecule has 0 radical (unpaired) electrons. The lowest BCUT2D eigenvalue weighted by molar-refractivity contribution is -0.116. The Morgan fingerprint density at radius 2 is 1.71 bits per heavy atom. The van der Waals surface area contributed by atoms with Gasteiger partial charge in [0, 0.05) is 19.1 Å². The molecule has 0 fully saturated rings. The molecule has 0 aliphatic heterocycles. The first-order valence-electron chi connectivity index (χ1n) is 7.00. The average molecular weight is 284 g/mol. The zero-order valence-corrected chi connectivity index (χ0v) is 12.5. The summed E-state index contributed by atoms with van der Waals surface area (Å²) >= 11 is 0. The van der Waals surface area contributed by atoms with Crippen LogP contribution in [0.4, 0.5) is 0 Å². The lowest BCUT2D eigenvalue weighted by Gasteiger charge is -2.11. The Balaban J connectivity index is 2.19. The van der Waals surface area contributed by atoms with E-state index >= 15 is 0 Å². The van der Waals surface area contributed by atoms with Gasteiger partial charge >= 0.3 is 0 Å². The van der Waals surface area contributed by atoms with E-state index in [9.17, 15) is 4.79 Å². The number of hydrogen-bond acceptors (Lipinski definition) is 3. The van der Waals surface area contributed by atoms with Gasteiger partial charge in [-0.2, -0.15) is 0 Å². The highest BCUT2D eigenvalue weighted by molar-refractivity contribution is 5.78. The van der Waals surface area contributed by atoms with Crippen molar-refractivity contribution in [3.05, 3.63) is 54.1 Å². The van der Waals surface area contributed by atoms with Crippen molar-refractivity contribution in [3.63, 3.8) is 0 Å². The van der Waals surface area contributed by atoms with Crippen LogP contribution in [0.3, 0.4) is 0 Å². The number of benzene rings is 2. The fraction of sp³-hybridized carbons (Fsp3) is 0.278. The van der Waals surface area contributed by atoms with E-state index in [0.29, 0.717) is 19.6 Å². The van der Waals surface area contributed by atoms with Crippen LogP contribution >= 0.6 is 0 Å². The molecular formula is C18H20O3. The summed E-state index contributed by atoms with van der Waals surface area (Å²) in [6.07, 6.45) is 0.478. The lowest BCUT2D eigenvalue weighted by atomic mass is 10.0. The molecule has 0 aliphatic rings. The second-order valence-corrected chi connectivity index (χ2v) is 4.91. The molecule has 21 heavy (non-hydrogen) atoms. The first-order valence-corrected chi connectivity index (χ1v) is 7.00. The Bertz CT molecular complexity index is 588. The van der Waals surface area contributed by atoms with Crippen LogP contribution in [0.5, 0.6) is 5.75 Å². The van der Waals surface area contributed by atoms with Crippen molar-refractivity contribution >= 4 is 5.78 Å². The minimum Gasteiger partial charge on any atom is -0.491 e. The molecule has 2 aromatic carbocycles. The van der Waals surface area contributed by atoms with Gasteiger partial charge in [-0.1, -0.05) is 42.5 Å². The van der Waals surface area contributed by atoms with Crippen molar-refractivity contribution < 1.29 is 14.3 Å². The molecular weight excluding hydrogens is 264 g/mol. The van der Waals surface area contributed by atoms with Gasteiger partial charge in [-0.15, -0.1) is 0 Å². The molecule has 2 aromatic rings. The fourth-order valence-corrected chi connectivity index (χ4v) is 2.16. The third-order valence-corrected chi connectivity index (χ3v) is 3.15. The van der Waals surface area contributed by atoms with Crippen LogP contribution in [-0.4, -0.2) is 26.1 Å². The van der Waals surface area contributed by atoms with Crippen LogP contribution in [-0.2, 0) is 16.0 Å². The zero-order valence-electron chi connectivity index (χ0n) is 12.5. The van der Waals surface area contributed by atoms with Crippen LogP contribution in [0.2, 0.25) is 0 Å². The number of methoxy groups -OCH3 is 1. The molecule has 2 rings (SSSR count). The number of para-hydroxylation sites is 1. The van der Waals surface area contributed by atoms with Crippen molar-refractivity contribution in [2.75, 3.05) is 20.3 Å². The van der Waals surface area contributed by atoms with Crippen molar-refractivity contribution in [1.82, 2.24) is 0 Å². The molecule has 0 aliphatic carbocycles. The third kappa shape index (κ3) is 4.43. The average Bonchev–Trinajstić information content (AvgIpc) is 2.48. The number of carbonyl (C=O) groups is 1. The maximum atomic E-state index is 11.1. The summed E-state index contributed by atoms with van der Waals surface area (Å²) in [6, 6.07) is 16.0. The highest BCUT2D eigenvalue weighted by atomic mass is 16.5. The highest BCUT2D eigenvalue weighted by Crippen LogP contribution is 2.30. The highest BCUT2D eigenvalue weighted by Gasteiger charge is 2.06. The largest absolute Gasteiger partial charge is 0.491 e. The zero-order chi connectivity index (χ0) is 15.1. The Hall–Kier alpha value is -2.13. The molecule has 0 atom stereocenters. The summed E-state index contributed by atoms with van der Waals surface area (Å²) in [5.74, 6) is 1.01. The molecule has 0 spiro atoms. The van der Waals surface area contributed by atoms with Crippen molar-refractivity contribution in [1.29, 1.82) is 0 Å². The number of ketones is 1. The summed E-state index contributed by atoms with van der Waals surface area (Å²) in [5, 5.41) is 0. The summed E-state index contributed by atoms with van der Waals surface area (Å²) in [4.78, 5) is 11.1. The number of ether oxygens (including phenoxy) is 2. The Kier molecular flexibility index (Phi) is 5.52. The topological polar surface area (TPSA) is 35.5 Å². The molecule has 0 unspecified atom stereocenters.